The van der Waals surface area contributed by atoms with Crippen LogP contribution in [0.15, 0.2) is 12.3 Å². The third kappa shape index (κ3) is 6.69. The van der Waals surface area contributed by atoms with E-state index in [-0.39, 0.29) is 0 Å². The van der Waals surface area contributed by atoms with Crippen LogP contribution in [0.5, 0.6) is 0 Å². The molecule has 1 heterocycles. The summed E-state index contributed by atoms with van der Waals surface area (Å²) in [6.45, 7) is 4.25. The average Bonchev–Trinajstić information content (AvgIpc) is 2.39. The highest BCUT2D eigenvalue weighted by Crippen LogP contribution is 2.15. The molecule has 0 amide bonds. The number of hydrogen-bond donors (Lipinski definition) is 1. The summed E-state index contributed by atoms with van der Waals surface area (Å²) in [7, 11) is 0. The van der Waals surface area contributed by atoms with Gasteiger partial charge in [0, 0.05) is 18.3 Å². The molecule has 0 aliphatic rings. The van der Waals surface area contributed by atoms with Crippen LogP contribution < -0.4 is 0 Å². The van der Waals surface area contributed by atoms with Crippen LogP contribution in [0.1, 0.15) is 68.2 Å². The number of unbranched alkanes of at least 4 members (excludes halogenated alkanes) is 6. The first-order valence-corrected chi connectivity index (χ1v) is 7.74. The van der Waals surface area contributed by atoms with Gasteiger partial charge in [-0.3, -0.25) is 9.78 Å². The molecule has 3 nitrogen and oxygen atoms in total. The van der Waals surface area contributed by atoms with Gasteiger partial charge in [-0.05, 0) is 50.3 Å². The van der Waals surface area contributed by atoms with E-state index in [4.69, 9.17) is 5.11 Å². The topological polar surface area (TPSA) is 50.2 Å². The van der Waals surface area contributed by atoms with Gasteiger partial charge >= 0.3 is 5.97 Å². The maximum Gasteiger partial charge on any atom is 0.303 e. The molecule has 1 aromatic heterocycles. The predicted octanol–water partition coefficient (Wildman–Crippen LogP) is 4.45. The van der Waals surface area contributed by atoms with Gasteiger partial charge in [-0.2, -0.15) is 0 Å². The Labute approximate surface area is 122 Å². The lowest BCUT2D eigenvalue weighted by Crippen LogP contribution is -1.96. The second-order valence-corrected chi connectivity index (χ2v) is 5.56. The fourth-order valence-corrected chi connectivity index (χ4v) is 2.56. The van der Waals surface area contributed by atoms with Gasteiger partial charge in [0.05, 0.1) is 0 Å². The Morgan fingerprint density at radius 2 is 1.65 bits per heavy atom. The number of aromatic nitrogens is 1. The fourth-order valence-electron chi connectivity index (χ4n) is 2.56. The molecule has 0 unspecified atom stereocenters. The summed E-state index contributed by atoms with van der Waals surface area (Å²) in [5, 5.41) is 8.53. The monoisotopic (exact) mass is 277 g/mol. The molecule has 112 valence electrons. The number of pyridine rings is 1. The first-order chi connectivity index (χ1) is 9.61. The third-order valence-electron chi connectivity index (χ3n) is 3.82. The van der Waals surface area contributed by atoms with Crippen LogP contribution in [0.2, 0.25) is 0 Å². The number of carbonyl (C=O) groups is 1. The standard InChI is InChI=1S/C17H27NO2/c1-14-12-13-18-15(2)16(14)10-8-6-4-3-5-7-9-11-17(19)20/h12-13H,3-11H2,1-2H3,(H,19,20). The van der Waals surface area contributed by atoms with E-state index in [2.05, 4.69) is 24.9 Å². The van der Waals surface area contributed by atoms with Crippen LogP contribution in [0.3, 0.4) is 0 Å². The van der Waals surface area contributed by atoms with E-state index in [1.54, 1.807) is 0 Å². The van der Waals surface area contributed by atoms with Crippen LogP contribution >= 0.6 is 0 Å². The molecule has 0 fully saturated rings. The Morgan fingerprint density at radius 1 is 1.05 bits per heavy atom. The number of carboxylic acid groups (broad SMARTS) is 1. The summed E-state index contributed by atoms with van der Waals surface area (Å²) in [5.74, 6) is -0.674. The van der Waals surface area contributed by atoms with Gasteiger partial charge in [-0.1, -0.05) is 32.1 Å². The zero-order valence-corrected chi connectivity index (χ0v) is 12.8. The Morgan fingerprint density at radius 3 is 2.25 bits per heavy atom. The van der Waals surface area contributed by atoms with E-state index < -0.39 is 5.97 Å². The summed E-state index contributed by atoms with van der Waals surface area (Å²) in [6, 6.07) is 2.09. The minimum absolute atomic E-state index is 0.319. The SMILES string of the molecule is Cc1ccnc(C)c1CCCCCCCCCC(=O)O. The lowest BCUT2D eigenvalue weighted by molar-refractivity contribution is -0.137. The van der Waals surface area contributed by atoms with Gasteiger partial charge in [-0.25, -0.2) is 0 Å². The molecule has 0 aromatic carbocycles. The highest BCUT2D eigenvalue weighted by molar-refractivity contribution is 5.66. The van der Waals surface area contributed by atoms with Crippen molar-refractivity contribution in [2.24, 2.45) is 0 Å². The largest absolute Gasteiger partial charge is 0.481 e. The van der Waals surface area contributed by atoms with Crippen LogP contribution in [0, 0.1) is 13.8 Å². The quantitative estimate of drug-likeness (QED) is 0.643. The van der Waals surface area contributed by atoms with Gasteiger partial charge in [0.25, 0.3) is 0 Å². The van der Waals surface area contributed by atoms with Crippen LogP contribution in [-0.2, 0) is 11.2 Å². The number of carboxylic acids is 1. The lowest BCUT2D eigenvalue weighted by atomic mass is 10.0. The minimum Gasteiger partial charge on any atom is -0.481 e. The van der Waals surface area contributed by atoms with E-state index >= 15 is 0 Å². The highest BCUT2D eigenvalue weighted by Gasteiger charge is 2.02. The van der Waals surface area contributed by atoms with Crippen LogP contribution in [0.4, 0.5) is 0 Å². The van der Waals surface area contributed by atoms with Crippen molar-refractivity contribution in [3.63, 3.8) is 0 Å². The van der Waals surface area contributed by atoms with Crippen molar-refractivity contribution >= 4 is 5.97 Å². The third-order valence-corrected chi connectivity index (χ3v) is 3.82. The number of aryl methyl sites for hydroxylation is 2. The second-order valence-electron chi connectivity index (χ2n) is 5.56. The molecule has 0 saturated carbocycles. The molecule has 0 bridgehead atoms. The van der Waals surface area contributed by atoms with E-state index in [0.29, 0.717) is 6.42 Å². The molecular weight excluding hydrogens is 250 g/mol. The lowest BCUT2D eigenvalue weighted by Gasteiger charge is -2.08. The fraction of sp³-hybridized carbons (Fsp3) is 0.647. The van der Waals surface area contributed by atoms with Crippen molar-refractivity contribution in [3.05, 3.63) is 29.1 Å². The molecule has 0 atom stereocenters. The van der Waals surface area contributed by atoms with Crippen molar-refractivity contribution < 1.29 is 9.90 Å². The molecule has 0 spiro atoms. The highest BCUT2D eigenvalue weighted by atomic mass is 16.4. The molecule has 0 aliphatic carbocycles. The van der Waals surface area contributed by atoms with Gasteiger partial charge in [0.2, 0.25) is 0 Å². The first-order valence-electron chi connectivity index (χ1n) is 7.74. The molecule has 0 radical (unpaired) electrons. The summed E-state index contributed by atoms with van der Waals surface area (Å²) >= 11 is 0. The molecule has 3 heteroatoms. The molecule has 1 N–H and O–H groups in total. The number of aliphatic carboxylic acids is 1. The van der Waals surface area contributed by atoms with E-state index in [0.717, 1.165) is 25.7 Å². The van der Waals surface area contributed by atoms with Gasteiger partial charge in [-0.15, -0.1) is 0 Å². The van der Waals surface area contributed by atoms with Crippen molar-refractivity contribution in [2.45, 2.75) is 71.6 Å². The van der Waals surface area contributed by atoms with Crippen molar-refractivity contribution in [1.82, 2.24) is 4.98 Å². The van der Waals surface area contributed by atoms with Gasteiger partial charge in [0.15, 0.2) is 0 Å². The van der Waals surface area contributed by atoms with Crippen molar-refractivity contribution in [3.8, 4) is 0 Å². The summed E-state index contributed by atoms with van der Waals surface area (Å²) in [5.41, 5.74) is 3.93. The normalized spacial score (nSPS) is 10.7. The molecular formula is C17H27NO2. The van der Waals surface area contributed by atoms with Crippen LogP contribution in [0.25, 0.3) is 0 Å². The summed E-state index contributed by atoms with van der Waals surface area (Å²) in [6.07, 6.45) is 11.3. The van der Waals surface area contributed by atoms with Crippen LogP contribution in [-0.4, -0.2) is 16.1 Å². The smallest absolute Gasteiger partial charge is 0.303 e. The predicted molar refractivity (Wildman–Crippen MR) is 82.0 cm³/mol. The summed E-state index contributed by atoms with van der Waals surface area (Å²) < 4.78 is 0. The average molecular weight is 277 g/mol. The van der Waals surface area contributed by atoms with Crippen molar-refractivity contribution in [1.29, 1.82) is 0 Å². The molecule has 0 aliphatic heterocycles. The van der Waals surface area contributed by atoms with Gasteiger partial charge in [0.1, 0.15) is 0 Å². The van der Waals surface area contributed by atoms with E-state index in [1.807, 2.05) is 6.20 Å². The zero-order chi connectivity index (χ0) is 14.8. The molecule has 0 saturated heterocycles. The van der Waals surface area contributed by atoms with E-state index in [1.165, 1.54) is 42.5 Å². The summed E-state index contributed by atoms with van der Waals surface area (Å²) in [4.78, 5) is 14.7. The molecule has 1 aromatic rings. The maximum absolute atomic E-state index is 10.4. The molecule has 1 rings (SSSR count). The zero-order valence-electron chi connectivity index (χ0n) is 12.8. The maximum atomic E-state index is 10.4. The Balaban J connectivity index is 2.04. The van der Waals surface area contributed by atoms with Gasteiger partial charge < -0.3 is 5.11 Å². The van der Waals surface area contributed by atoms with Crippen molar-refractivity contribution in [2.75, 3.05) is 0 Å². The molecule has 20 heavy (non-hydrogen) atoms. The number of hydrogen-bond acceptors (Lipinski definition) is 2. The first kappa shape index (κ1) is 16.7. The Hall–Kier alpha value is -1.38. The Bertz CT molecular complexity index is 395. The second kappa shape index (κ2) is 9.51. The van der Waals surface area contributed by atoms with E-state index in [9.17, 15) is 4.79 Å². The minimum atomic E-state index is -0.674. The number of rotatable bonds is 10. The number of nitrogens with zero attached hydrogens (tertiary/aromatic N) is 1. The Kier molecular flexibility index (Phi) is 7.93.